The van der Waals surface area contributed by atoms with E-state index in [-0.39, 0.29) is 5.69 Å². The number of ketones is 1. The summed E-state index contributed by atoms with van der Waals surface area (Å²) in [6.07, 6.45) is 1.95. The number of carbonyl (C=O) groups is 2. The average Bonchev–Trinajstić information content (AvgIpc) is 2.48. The molecule has 0 aromatic carbocycles. The highest BCUT2D eigenvalue weighted by Crippen LogP contribution is 2.29. The molecular formula is C7H4Cl3NO2. The van der Waals surface area contributed by atoms with Crippen LogP contribution in [-0.4, -0.2) is 20.8 Å². The van der Waals surface area contributed by atoms with E-state index in [0.29, 0.717) is 11.8 Å². The lowest BCUT2D eigenvalue weighted by Gasteiger charge is -2.06. The van der Waals surface area contributed by atoms with Gasteiger partial charge < -0.3 is 4.98 Å². The maximum atomic E-state index is 11.3. The Morgan fingerprint density at radius 3 is 2.46 bits per heavy atom. The molecule has 1 aromatic rings. The summed E-state index contributed by atoms with van der Waals surface area (Å²) in [4.78, 5) is 24.0. The average molecular weight is 240 g/mol. The van der Waals surface area contributed by atoms with E-state index in [4.69, 9.17) is 34.8 Å². The Kier molecular flexibility index (Phi) is 3.01. The summed E-state index contributed by atoms with van der Waals surface area (Å²) in [5.74, 6) is -0.689. The number of carbonyl (C=O) groups excluding carboxylic acids is 2. The van der Waals surface area contributed by atoms with Crippen LogP contribution in [0.25, 0.3) is 0 Å². The van der Waals surface area contributed by atoms with Crippen molar-refractivity contribution in [2.75, 3.05) is 0 Å². The van der Waals surface area contributed by atoms with E-state index in [1.807, 2.05) is 0 Å². The van der Waals surface area contributed by atoms with Crippen molar-refractivity contribution in [3.05, 3.63) is 23.5 Å². The first-order chi connectivity index (χ1) is 5.95. The molecule has 0 unspecified atom stereocenters. The van der Waals surface area contributed by atoms with E-state index in [2.05, 4.69) is 4.98 Å². The van der Waals surface area contributed by atoms with Crippen LogP contribution < -0.4 is 0 Å². The molecule has 0 atom stereocenters. The molecule has 1 rings (SSSR count). The minimum absolute atomic E-state index is 0.0992. The topological polar surface area (TPSA) is 49.9 Å². The monoisotopic (exact) mass is 239 g/mol. The van der Waals surface area contributed by atoms with E-state index in [9.17, 15) is 9.59 Å². The Bertz CT molecular complexity index is 340. The van der Waals surface area contributed by atoms with Gasteiger partial charge in [-0.05, 0) is 6.07 Å². The van der Waals surface area contributed by atoms with Gasteiger partial charge in [0.25, 0.3) is 3.79 Å². The molecule has 0 bridgehead atoms. The molecule has 1 aromatic heterocycles. The number of aromatic amines is 1. The van der Waals surface area contributed by atoms with E-state index >= 15 is 0 Å². The summed E-state index contributed by atoms with van der Waals surface area (Å²) < 4.78 is -2.00. The van der Waals surface area contributed by atoms with Crippen LogP contribution >= 0.6 is 34.8 Å². The van der Waals surface area contributed by atoms with Gasteiger partial charge >= 0.3 is 0 Å². The molecule has 0 fully saturated rings. The Morgan fingerprint density at radius 2 is 2.08 bits per heavy atom. The Balaban J connectivity index is 2.96. The van der Waals surface area contributed by atoms with Crippen LogP contribution in [0.5, 0.6) is 0 Å². The van der Waals surface area contributed by atoms with Gasteiger partial charge in [-0.1, -0.05) is 34.8 Å². The molecule has 0 spiro atoms. The highest BCUT2D eigenvalue weighted by atomic mass is 35.6. The molecule has 0 radical (unpaired) electrons. The lowest BCUT2D eigenvalue weighted by molar-refractivity contribution is 0.0992. The third-order valence-electron chi connectivity index (χ3n) is 1.34. The van der Waals surface area contributed by atoms with Crippen LogP contribution in [0.1, 0.15) is 20.8 Å². The number of aromatic nitrogens is 1. The number of hydrogen-bond donors (Lipinski definition) is 1. The molecule has 0 saturated carbocycles. The maximum absolute atomic E-state index is 11.3. The number of hydrogen-bond acceptors (Lipinski definition) is 2. The van der Waals surface area contributed by atoms with Crippen LogP contribution in [0.3, 0.4) is 0 Å². The Labute approximate surface area is 89.0 Å². The number of Topliss-reactive ketones (excluding diaryl/α,β-unsaturated/α-hetero) is 1. The van der Waals surface area contributed by atoms with Crippen molar-refractivity contribution < 1.29 is 9.59 Å². The standard InChI is InChI=1S/C7H4Cl3NO2/c8-7(9,10)6(13)5-1-4(3-12)2-11-5/h1-3,11H. The summed E-state index contributed by atoms with van der Waals surface area (Å²) in [7, 11) is 0. The third-order valence-corrected chi connectivity index (χ3v) is 1.86. The lowest BCUT2D eigenvalue weighted by Crippen LogP contribution is -2.19. The summed E-state index contributed by atoms with van der Waals surface area (Å²) in [6, 6.07) is 1.32. The summed E-state index contributed by atoms with van der Waals surface area (Å²) >= 11 is 16.0. The highest BCUT2D eigenvalue weighted by Gasteiger charge is 2.32. The molecule has 1 heterocycles. The fraction of sp³-hybridized carbons (Fsp3) is 0.143. The van der Waals surface area contributed by atoms with Crippen LogP contribution in [0.4, 0.5) is 0 Å². The van der Waals surface area contributed by atoms with Crippen molar-refractivity contribution in [1.82, 2.24) is 4.98 Å². The van der Waals surface area contributed by atoms with E-state index < -0.39 is 9.58 Å². The molecule has 0 aliphatic carbocycles. The van der Waals surface area contributed by atoms with Crippen LogP contribution in [0, 0.1) is 0 Å². The zero-order valence-corrected chi connectivity index (χ0v) is 8.45. The van der Waals surface area contributed by atoms with E-state index in [1.54, 1.807) is 0 Å². The van der Waals surface area contributed by atoms with Gasteiger partial charge in [0.05, 0.1) is 5.69 Å². The van der Waals surface area contributed by atoms with Crippen molar-refractivity contribution in [3.63, 3.8) is 0 Å². The van der Waals surface area contributed by atoms with Gasteiger partial charge in [-0.15, -0.1) is 0 Å². The quantitative estimate of drug-likeness (QED) is 0.490. The number of aldehydes is 1. The maximum Gasteiger partial charge on any atom is 0.254 e. The molecule has 0 aliphatic rings. The van der Waals surface area contributed by atoms with E-state index in [1.165, 1.54) is 12.3 Å². The van der Waals surface area contributed by atoms with Crippen LogP contribution in [-0.2, 0) is 0 Å². The molecule has 70 valence electrons. The van der Waals surface area contributed by atoms with Gasteiger partial charge in [0.1, 0.15) is 0 Å². The van der Waals surface area contributed by atoms with Gasteiger partial charge in [-0.3, -0.25) is 9.59 Å². The highest BCUT2D eigenvalue weighted by molar-refractivity contribution is 6.77. The number of H-pyrrole nitrogens is 1. The zero-order valence-electron chi connectivity index (χ0n) is 6.18. The predicted molar refractivity (Wildman–Crippen MR) is 50.8 cm³/mol. The van der Waals surface area contributed by atoms with Crippen molar-refractivity contribution in [3.8, 4) is 0 Å². The number of halogens is 3. The fourth-order valence-electron chi connectivity index (χ4n) is 0.763. The molecule has 1 N–H and O–H groups in total. The normalized spacial score (nSPS) is 11.3. The number of rotatable bonds is 2. The first-order valence-electron chi connectivity index (χ1n) is 3.20. The molecular weight excluding hydrogens is 236 g/mol. The first kappa shape index (κ1) is 10.6. The SMILES string of the molecule is O=Cc1c[nH]c(C(=O)C(Cl)(Cl)Cl)c1. The van der Waals surface area contributed by atoms with Crippen molar-refractivity contribution in [1.29, 1.82) is 0 Å². The Morgan fingerprint density at radius 1 is 1.46 bits per heavy atom. The second kappa shape index (κ2) is 3.70. The number of nitrogens with one attached hydrogen (secondary N) is 1. The number of alkyl halides is 3. The van der Waals surface area contributed by atoms with Gasteiger partial charge in [0, 0.05) is 11.8 Å². The molecule has 0 amide bonds. The molecule has 13 heavy (non-hydrogen) atoms. The van der Waals surface area contributed by atoms with Gasteiger partial charge in [0.2, 0.25) is 5.78 Å². The predicted octanol–water partition coefficient (Wildman–Crippen LogP) is 2.38. The van der Waals surface area contributed by atoms with Crippen molar-refractivity contribution in [2.45, 2.75) is 3.79 Å². The third kappa shape index (κ3) is 2.46. The first-order valence-corrected chi connectivity index (χ1v) is 4.33. The second-order valence-corrected chi connectivity index (χ2v) is 4.57. The lowest BCUT2D eigenvalue weighted by atomic mass is 10.3. The Hall–Kier alpha value is -0.510. The molecule has 0 aliphatic heterocycles. The summed E-state index contributed by atoms with van der Waals surface area (Å²) in [6.45, 7) is 0. The fourth-order valence-corrected chi connectivity index (χ4v) is 1.07. The summed E-state index contributed by atoms with van der Waals surface area (Å²) in [5.41, 5.74) is 0.430. The largest absolute Gasteiger partial charge is 0.358 e. The minimum Gasteiger partial charge on any atom is -0.358 e. The minimum atomic E-state index is -2.00. The molecule has 0 saturated heterocycles. The van der Waals surface area contributed by atoms with Crippen molar-refractivity contribution >= 4 is 46.9 Å². The second-order valence-electron chi connectivity index (χ2n) is 2.29. The molecule has 3 nitrogen and oxygen atoms in total. The van der Waals surface area contributed by atoms with Crippen LogP contribution in [0.15, 0.2) is 12.3 Å². The summed E-state index contributed by atoms with van der Waals surface area (Å²) in [5, 5.41) is 0. The van der Waals surface area contributed by atoms with Gasteiger partial charge in [-0.2, -0.15) is 0 Å². The molecule has 6 heteroatoms. The van der Waals surface area contributed by atoms with Gasteiger partial charge in [-0.25, -0.2) is 0 Å². The van der Waals surface area contributed by atoms with E-state index in [0.717, 1.165) is 0 Å². The van der Waals surface area contributed by atoms with Crippen molar-refractivity contribution in [2.24, 2.45) is 0 Å². The smallest absolute Gasteiger partial charge is 0.254 e. The van der Waals surface area contributed by atoms with Gasteiger partial charge in [0.15, 0.2) is 6.29 Å². The van der Waals surface area contributed by atoms with Crippen LogP contribution in [0.2, 0.25) is 0 Å². The zero-order chi connectivity index (χ0) is 10.1.